The monoisotopic (exact) mass is 960 g/mol. The highest BCUT2D eigenvalue weighted by Gasteiger charge is 2.48. The van der Waals surface area contributed by atoms with Gasteiger partial charge in [0.1, 0.15) is 24.4 Å². The average molecular weight is 960 g/mol. The molecular weight excluding hydrogens is 859 g/mol. The summed E-state index contributed by atoms with van der Waals surface area (Å²) in [4.78, 5) is 13.1. The highest BCUT2D eigenvalue weighted by atomic mass is 32.3. The largest absolute Gasteiger partial charge is 0.397 e. The van der Waals surface area contributed by atoms with Crippen molar-refractivity contribution in [2.75, 3.05) is 13.2 Å². The van der Waals surface area contributed by atoms with Crippen LogP contribution in [0.5, 0.6) is 0 Å². The van der Waals surface area contributed by atoms with E-state index in [9.17, 15) is 38.2 Å². The van der Waals surface area contributed by atoms with E-state index >= 15 is 0 Å². The summed E-state index contributed by atoms with van der Waals surface area (Å²) in [6, 6.07) is -0.859. The highest BCUT2D eigenvalue weighted by Crippen LogP contribution is 2.26. The molecule has 7 unspecified atom stereocenters. The second kappa shape index (κ2) is 43.6. The van der Waals surface area contributed by atoms with Crippen LogP contribution in [0.25, 0.3) is 0 Å². The molecule has 1 aliphatic rings. The molecule has 0 aliphatic carbocycles. The van der Waals surface area contributed by atoms with E-state index < -0.39 is 59.9 Å². The quantitative estimate of drug-likeness (QED) is 0.0193. The van der Waals surface area contributed by atoms with Gasteiger partial charge in [0.25, 0.3) is 0 Å². The Morgan fingerprint density at radius 3 is 1.44 bits per heavy atom. The molecule has 0 aromatic carbocycles. The van der Waals surface area contributed by atoms with Crippen LogP contribution in [-0.2, 0) is 28.9 Å². The third-order valence-corrected chi connectivity index (χ3v) is 13.5. The lowest BCUT2D eigenvalue weighted by molar-refractivity contribution is -0.298. The molecule has 6 N–H and O–H groups in total. The van der Waals surface area contributed by atoms with Crippen molar-refractivity contribution in [3.05, 3.63) is 24.3 Å². The predicted octanol–water partition coefficient (Wildman–Crippen LogP) is 12.1. The van der Waals surface area contributed by atoms with E-state index in [0.717, 1.165) is 51.4 Å². The lowest BCUT2D eigenvalue weighted by atomic mass is 9.99. The maximum atomic E-state index is 13.1. The molecule has 1 heterocycles. The topological polar surface area (TPSA) is 192 Å². The van der Waals surface area contributed by atoms with Crippen LogP contribution in [0.1, 0.15) is 251 Å². The van der Waals surface area contributed by atoms with Gasteiger partial charge in [0, 0.05) is 6.42 Å². The number of carbonyl (C=O) groups is 1. The van der Waals surface area contributed by atoms with Gasteiger partial charge in [-0.25, -0.2) is 4.18 Å². The fraction of sp³-hybridized carbons (Fsp3) is 0.906. The zero-order chi connectivity index (χ0) is 48.4. The van der Waals surface area contributed by atoms with Crippen molar-refractivity contribution in [1.29, 1.82) is 0 Å². The molecule has 390 valence electrons. The van der Waals surface area contributed by atoms with Crippen LogP contribution < -0.4 is 5.32 Å². The fourth-order valence-electron chi connectivity index (χ4n) is 8.80. The zero-order valence-corrected chi connectivity index (χ0v) is 42.8. The summed E-state index contributed by atoms with van der Waals surface area (Å²) >= 11 is 0. The highest BCUT2D eigenvalue weighted by molar-refractivity contribution is 7.80. The van der Waals surface area contributed by atoms with Gasteiger partial charge < -0.3 is 35.2 Å². The van der Waals surface area contributed by atoms with Gasteiger partial charge in [-0.2, -0.15) is 8.42 Å². The summed E-state index contributed by atoms with van der Waals surface area (Å²) in [7, 11) is -5.08. The van der Waals surface area contributed by atoms with Crippen LogP contribution in [-0.4, -0.2) is 95.4 Å². The van der Waals surface area contributed by atoms with Crippen LogP contribution >= 0.6 is 0 Å². The Morgan fingerprint density at radius 1 is 0.606 bits per heavy atom. The first kappa shape index (κ1) is 62.6. The number of unbranched alkanes of at least 4 members (excludes halogenated alkanes) is 32. The molecule has 1 aliphatic heterocycles. The Bertz CT molecular complexity index is 1270. The minimum Gasteiger partial charge on any atom is -0.394 e. The van der Waals surface area contributed by atoms with Crippen LogP contribution in [0.3, 0.4) is 0 Å². The summed E-state index contributed by atoms with van der Waals surface area (Å²) < 4.78 is 47.9. The summed E-state index contributed by atoms with van der Waals surface area (Å²) in [5.74, 6) is -0.231. The zero-order valence-electron chi connectivity index (χ0n) is 42.0. The second-order valence-electron chi connectivity index (χ2n) is 19.2. The maximum absolute atomic E-state index is 13.1. The van der Waals surface area contributed by atoms with Gasteiger partial charge in [-0.1, -0.05) is 231 Å². The Labute approximate surface area is 403 Å². The fourth-order valence-corrected chi connectivity index (χ4v) is 9.31. The number of carbonyl (C=O) groups excluding carboxylic acids is 1. The van der Waals surface area contributed by atoms with Gasteiger partial charge >= 0.3 is 10.4 Å². The lowest BCUT2D eigenvalue weighted by Gasteiger charge is -2.41. The number of ether oxygens (including phenoxy) is 2. The molecule has 1 rings (SSSR count). The molecule has 12 nitrogen and oxygen atoms in total. The van der Waals surface area contributed by atoms with Gasteiger partial charge in [0.15, 0.2) is 6.29 Å². The van der Waals surface area contributed by atoms with Crippen molar-refractivity contribution >= 4 is 16.3 Å². The first-order chi connectivity index (χ1) is 32.0. The van der Waals surface area contributed by atoms with Gasteiger partial charge in [-0.3, -0.25) is 9.35 Å². The van der Waals surface area contributed by atoms with Crippen LogP contribution in [0, 0.1) is 0 Å². The maximum Gasteiger partial charge on any atom is 0.397 e. The number of hydrogen-bond donors (Lipinski definition) is 6. The van der Waals surface area contributed by atoms with Crippen molar-refractivity contribution in [3.63, 3.8) is 0 Å². The number of rotatable bonds is 47. The molecule has 7 atom stereocenters. The number of aliphatic hydroxyl groups is 4. The van der Waals surface area contributed by atoms with E-state index in [1.54, 1.807) is 0 Å². The second-order valence-corrected chi connectivity index (χ2v) is 20.3. The molecular formula is C53H101NO11S. The van der Waals surface area contributed by atoms with Crippen molar-refractivity contribution in [3.8, 4) is 0 Å². The SMILES string of the molecule is CCCCC/C=C\C=C/CCCCCCCCCCCCC(=O)NC(COC1OC(CO)C(O)C(OS(=O)(=O)O)C1O)C(O)CCCCCCCCCCCCCCCCCCCCCC. The molecule has 0 radical (unpaired) electrons. The van der Waals surface area contributed by atoms with Crippen LogP contribution in [0.4, 0.5) is 0 Å². The third-order valence-electron chi connectivity index (χ3n) is 13.0. The standard InChI is InChI=1S/C53H101NO11S/c1-3-5-7-9-11-13-15-17-19-21-23-25-26-28-30-32-34-36-38-40-42-47(56)46(45-63-53-51(59)52(65-66(60,61)62)50(58)48(44-55)64-53)54-49(57)43-41-39-37-35-33-31-29-27-24-22-20-18-16-14-12-10-8-6-4-2/h12,14,16,18,46-48,50-53,55-56,58-59H,3-11,13,15,17,19-45H2,1-2H3,(H,54,57)(H,60,61,62)/b14-12-,18-16-. The van der Waals surface area contributed by atoms with E-state index in [4.69, 9.17) is 9.47 Å². The molecule has 0 aromatic heterocycles. The van der Waals surface area contributed by atoms with Gasteiger partial charge in [-0.15, -0.1) is 0 Å². The van der Waals surface area contributed by atoms with Gasteiger partial charge in [-0.05, 0) is 38.5 Å². The number of allylic oxidation sites excluding steroid dienone is 4. The number of aliphatic hydroxyl groups excluding tert-OH is 4. The first-order valence-electron chi connectivity index (χ1n) is 27.2. The Balaban J connectivity index is 2.40. The molecule has 0 spiro atoms. The third kappa shape index (κ3) is 35.7. The molecule has 0 aromatic rings. The van der Waals surface area contributed by atoms with E-state index in [0.29, 0.717) is 12.8 Å². The van der Waals surface area contributed by atoms with Gasteiger partial charge in [0.05, 0.1) is 25.4 Å². The summed E-state index contributed by atoms with van der Waals surface area (Å²) in [6.07, 6.45) is 43.1. The van der Waals surface area contributed by atoms with E-state index in [1.807, 2.05) is 0 Å². The molecule has 0 saturated carbocycles. The Hall–Kier alpha value is -1.42. The van der Waals surface area contributed by atoms with Gasteiger partial charge in [0.2, 0.25) is 5.91 Å². The summed E-state index contributed by atoms with van der Waals surface area (Å²) in [5.41, 5.74) is 0. The summed E-state index contributed by atoms with van der Waals surface area (Å²) in [6.45, 7) is 3.45. The summed E-state index contributed by atoms with van der Waals surface area (Å²) in [5, 5.41) is 45.1. The molecule has 0 bridgehead atoms. The number of hydrogen-bond acceptors (Lipinski definition) is 10. The molecule has 1 amide bonds. The molecule has 1 saturated heterocycles. The first-order valence-corrected chi connectivity index (χ1v) is 28.6. The van der Waals surface area contributed by atoms with E-state index in [-0.39, 0.29) is 18.9 Å². The normalized spacial score (nSPS) is 20.1. The van der Waals surface area contributed by atoms with Crippen LogP contribution in [0.2, 0.25) is 0 Å². The Morgan fingerprint density at radius 2 is 1.00 bits per heavy atom. The van der Waals surface area contributed by atoms with E-state index in [1.165, 1.54) is 167 Å². The lowest BCUT2D eigenvalue weighted by Crippen LogP contribution is -2.61. The number of nitrogens with one attached hydrogen (secondary N) is 1. The molecule has 13 heteroatoms. The van der Waals surface area contributed by atoms with Crippen LogP contribution in [0.15, 0.2) is 24.3 Å². The van der Waals surface area contributed by atoms with Crippen molar-refractivity contribution in [1.82, 2.24) is 5.32 Å². The number of amides is 1. The van der Waals surface area contributed by atoms with Crippen molar-refractivity contribution in [2.24, 2.45) is 0 Å². The minimum absolute atomic E-state index is 0.231. The predicted molar refractivity (Wildman–Crippen MR) is 269 cm³/mol. The molecule has 66 heavy (non-hydrogen) atoms. The van der Waals surface area contributed by atoms with Crippen molar-refractivity contribution < 1.29 is 51.8 Å². The minimum atomic E-state index is -5.08. The van der Waals surface area contributed by atoms with Crippen molar-refractivity contribution in [2.45, 2.75) is 294 Å². The molecule has 1 fully saturated rings. The Kier molecular flexibility index (Phi) is 41.3. The average Bonchev–Trinajstić information content (AvgIpc) is 3.29. The van der Waals surface area contributed by atoms with E-state index in [2.05, 4.69) is 47.7 Å². The smallest absolute Gasteiger partial charge is 0.394 e.